The van der Waals surface area contributed by atoms with Crippen LogP contribution in [0.5, 0.6) is 0 Å². The Morgan fingerprint density at radius 1 is 0.481 bits per heavy atom. The minimum Gasteiger partial charge on any atom is -0.456 e. The van der Waals surface area contributed by atoms with E-state index in [0.717, 1.165) is 33.3 Å². The Morgan fingerprint density at radius 2 is 1.06 bits per heavy atom. The second-order valence-electron chi connectivity index (χ2n) is 15.6. The number of hydrogen-bond donors (Lipinski definition) is 0. The predicted molar refractivity (Wildman–Crippen MR) is 216 cm³/mol. The van der Waals surface area contributed by atoms with Crippen LogP contribution in [0.2, 0.25) is 0 Å². The van der Waals surface area contributed by atoms with Gasteiger partial charge in [-0.15, -0.1) is 0 Å². The van der Waals surface area contributed by atoms with Gasteiger partial charge in [0.25, 0.3) is 0 Å². The van der Waals surface area contributed by atoms with Crippen molar-refractivity contribution in [3.8, 4) is 33.4 Å². The maximum atomic E-state index is 6.52. The number of para-hydroxylation sites is 2. The van der Waals surface area contributed by atoms with Crippen LogP contribution in [0, 0.1) is 0 Å². The fourth-order valence-corrected chi connectivity index (χ4v) is 10.4. The Kier molecular flexibility index (Phi) is 6.21. The van der Waals surface area contributed by atoms with Gasteiger partial charge >= 0.3 is 0 Å². The summed E-state index contributed by atoms with van der Waals surface area (Å²) in [6.45, 7) is 4.78. The number of hydrogen-bond acceptors (Lipinski definition) is 2. The summed E-state index contributed by atoms with van der Waals surface area (Å²) in [7, 11) is 0. The van der Waals surface area contributed by atoms with E-state index in [0.29, 0.717) is 0 Å². The summed E-state index contributed by atoms with van der Waals surface area (Å²) in [4.78, 5) is 2.53. The van der Waals surface area contributed by atoms with Gasteiger partial charge in [-0.3, -0.25) is 0 Å². The molecule has 0 saturated heterocycles. The summed E-state index contributed by atoms with van der Waals surface area (Å²) in [5.74, 6) is 0. The molecule has 0 radical (unpaired) electrons. The fraction of sp³-hybridized carbons (Fsp3) is 0.160. The third-order valence-electron chi connectivity index (χ3n) is 12.6. The summed E-state index contributed by atoms with van der Waals surface area (Å²) >= 11 is 0. The minimum absolute atomic E-state index is 0.0670. The van der Waals surface area contributed by atoms with E-state index in [1.54, 1.807) is 0 Å². The average molecular weight is 670 g/mol. The van der Waals surface area contributed by atoms with Crippen LogP contribution in [0.15, 0.2) is 156 Å². The third-order valence-corrected chi connectivity index (χ3v) is 12.6. The normalized spacial score (nSPS) is 15.9. The lowest BCUT2D eigenvalue weighted by molar-refractivity contribution is 0.550. The number of furan rings is 1. The van der Waals surface area contributed by atoms with Crippen LogP contribution in [0.4, 0.5) is 17.1 Å². The Bertz CT molecular complexity index is 2740. The minimum atomic E-state index is -0.143. The molecule has 8 aromatic rings. The number of anilines is 3. The topological polar surface area (TPSA) is 16.4 Å². The van der Waals surface area contributed by atoms with Crippen molar-refractivity contribution in [1.29, 1.82) is 0 Å². The molecule has 1 heterocycles. The Hall–Kier alpha value is -5.86. The molecular formula is C50H39NO. The molecule has 3 aliphatic carbocycles. The first-order valence-electron chi connectivity index (χ1n) is 18.8. The molecule has 0 aliphatic heterocycles. The van der Waals surface area contributed by atoms with Gasteiger partial charge in [-0.2, -0.15) is 0 Å². The maximum Gasteiger partial charge on any atom is 0.137 e. The van der Waals surface area contributed by atoms with Gasteiger partial charge in [0.15, 0.2) is 0 Å². The molecule has 7 aromatic carbocycles. The van der Waals surface area contributed by atoms with Crippen molar-refractivity contribution in [2.45, 2.75) is 50.4 Å². The Balaban J connectivity index is 1.20. The second kappa shape index (κ2) is 10.8. The van der Waals surface area contributed by atoms with E-state index >= 15 is 0 Å². The van der Waals surface area contributed by atoms with E-state index in [1.165, 1.54) is 87.0 Å². The van der Waals surface area contributed by atoms with Crippen molar-refractivity contribution in [3.63, 3.8) is 0 Å². The van der Waals surface area contributed by atoms with Crippen molar-refractivity contribution in [3.05, 3.63) is 174 Å². The van der Waals surface area contributed by atoms with Crippen LogP contribution in [0.25, 0.3) is 55.3 Å². The summed E-state index contributed by atoms with van der Waals surface area (Å²) in [6.07, 6.45) is 4.93. The number of benzene rings is 7. The van der Waals surface area contributed by atoms with E-state index < -0.39 is 0 Å². The number of fused-ring (bicyclic) bond motifs is 11. The summed E-state index contributed by atoms with van der Waals surface area (Å²) in [6, 6.07) is 56.4. The van der Waals surface area contributed by atoms with E-state index in [9.17, 15) is 0 Å². The molecule has 0 unspecified atom stereocenters. The molecule has 250 valence electrons. The van der Waals surface area contributed by atoms with Crippen LogP contribution in [0.1, 0.15) is 61.8 Å². The number of rotatable bonds is 4. The van der Waals surface area contributed by atoms with Gasteiger partial charge in [-0.1, -0.05) is 142 Å². The summed E-state index contributed by atoms with van der Waals surface area (Å²) in [5, 5.41) is 2.27. The monoisotopic (exact) mass is 669 g/mol. The SMILES string of the molecule is CC1(C)c2ccccc2-c2cccc(-c3ccccc3N(c3ccc4c(c3)C3(CCCC3)c3ccccc3-4)c3cccc4oc5ccccc5c34)c21. The van der Waals surface area contributed by atoms with Gasteiger partial charge < -0.3 is 9.32 Å². The molecule has 0 amide bonds. The second-order valence-corrected chi connectivity index (χ2v) is 15.6. The predicted octanol–water partition coefficient (Wildman–Crippen LogP) is 13.9. The van der Waals surface area contributed by atoms with Gasteiger partial charge in [0.05, 0.1) is 16.8 Å². The first-order chi connectivity index (χ1) is 25.5. The highest BCUT2D eigenvalue weighted by atomic mass is 16.3. The van der Waals surface area contributed by atoms with Crippen LogP contribution >= 0.6 is 0 Å². The molecule has 1 saturated carbocycles. The molecule has 0 atom stereocenters. The third kappa shape index (κ3) is 3.95. The molecule has 3 aliphatic rings. The highest BCUT2D eigenvalue weighted by Crippen LogP contribution is 2.59. The summed E-state index contributed by atoms with van der Waals surface area (Å²) < 4.78 is 6.52. The highest BCUT2D eigenvalue weighted by molar-refractivity contribution is 6.14. The van der Waals surface area contributed by atoms with Crippen molar-refractivity contribution < 1.29 is 4.42 Å². The zero-order valence-corrected chi connectivity index (χ0v) is 29.6. The average Bonchev–Trinajstić information content (AvgIpc) is 3.95. The number of nitrogens with zero attached hydrogens (tertiary/aromatic N) is 1. The van der Waals surface area contributed by atoms with E-state index in [1.807, 2.05) is 0 Å². The molecule has 0 bridgehead atoms. The maximum absolute atomic E-state index is 6.52. The zero-order valence-electron chi connectivity index (χ0n) is 29.6. The fourth-order valence-electron chi connectivity index (χ4n) is 10.4. The van der Waals surface area contributed by atoms with Crippen LogP contribution < -0.4 is 4.90 Å². The first kappa shape index (κ1) is 29.8. The van der Waals surface area contributed by atoms with E-state index in [2.05, 4.69) is 170 Å². The Labute approximate surface area is 305 Å². The van der Waals surface area contributed by atoms with E-state index in [4.69, 9.17) is 4.42 Å². The van der Waals surface area contributed by atoms with Crippen LogP contribution in [0.3, 0.4) is 0 Å². The Morgan fingerprint density at radius 3 is 1.88 bits per heavy atom. The van der Waals surface area contributed by atoms with Crippen molar-refractivity contribution in [1.82, 2.24) is 0 Å². The lowest BCUT2D eigenvalue weighted by Gasteiger charge is -2.32. The standard InChI is InChI=1S/C50H39NO/c1-49(2)40-21-7-3-16-34(40)37-19-13-20-38(48(37)49)36-17-5-9-23-43(36)51(44-24-14-26-46-47(44)39-18-6-10-25-45(39)52-46)32-27-28-35-33-15-4-8-22-41(33)50(42(35)31-32)29-11-12-30-50/h3-10,13-28,31H,11-12,29-30H2,1-2H3. The molecule has 1 fully saturated rings. The molecule has 52 heavy (non-hydrogen) atoms. The van der Waals surface area contributed by atoms with Gasteiger partial charge in [0.2, 0.25) is 0 Å². The molecular weight excluding hydrogens is 631 g/mol. The van der Waals surface area contributed by atoms with Gasteiger partial charge in [0, 0.05) is 27.5 Å². The molecule has 11 rings (SSSR count). The summed E-state index contributed by atoms with van der Waals surface area (Å²) in [5.41, 5.74) is 19.0. The van der Waals surface area contributed by atoms with Crippen LogP contribution in [-0.2, 0) is 10.8 Å². The lowest BCUT2D eigenvalue weighted by atomic mass is 9.76. The molecule has 1 aromatic heterocycles. The smallest absolute Gasteiger partial charge is 0.137 e. The van der Waals surface area contributed by atoms with Crippen molar-refractivity contribution in [2.24, 2.45) is 0 Å². The van der Waals surface area contributed by atoms with Crippen molar-refractivity contribution >= 4 is 39.0 Å². The quantitative estimate of drug-likeness (QED) is 0.185. The highest BCUT2D eigenvalue weighted by Gasteiger charge is 2.45. The van der Waals surface area contributed by atoms with Gasteiger partial charge in [-0.25, -0.2) is 0 Å². The van der Waals surface area contributed by atoms with Crippen LogP contribution in [-0.4, -0.2) is 0 Å². The van der Waals surface area contributed by atoms with E-state index in [-0.39, 0.29) is 10.8 Å². The molecule has 2 heteroatoms. The molecule has 0 N–H and O–H groups in total. The zero-order chi connectivity index (χ0) is 34.6. The van der Waals surface area contributed by atoms with Gasteiger partial charge in [-0.05, 0) is 99.3 Å². The molecule has 1 spiro atoms. The largest absolute Gasteiger partial charge is 0.456 e. The van der Waals surface area contributed by atoms with Gasteiger partial charge in [0.1, 0.15) is 11.2 Å². The lowest BCUT2D eigenvalue weighted by Crippen LogP contribution is -2.21. The first-order valence-corrected chi connectivity index (χ1v) is 18.8. The van der Waals surface area contributed by atoms with Crippen molar-refractivity contribution in [2.75, 3.05) is 4.90 Å². The molecule has 2 nitrogen and oxygen atoms in total.